The van der Waals surface area contributed by atoms with Gasteiger partial charge in [0.15, 0.2) is 17.5 Å². The minimum Gasteiger partial charge on any atom is -0.207 e. The first kappa shape index (κ1) is 22.4. The molecular weight excluding hydrogens is 359 g/mol. The van der Waals surface area contributed by atoms with Gasteiger partial charge >= 0.3 is 0 Å². The third kappa shape index (κ3) is 7.60. The van der Waals surface area contributed by atoms with Crippen molar-refractivity contribution in [3.05, 3.63) is 106 Å². The van der Waals surface area contributed by atoms with Crippen molar-refractivity contribution in [1.82, 2.24) is 0 Å². The van der Waals surface area contributed by atoms with Crippen LogP contribution in [0.2, 0.25) is 0 Å². The van der Waals surface area contributed by atoms with Crippen LogP contribution in [0.1, 0.15) is 22.3 Å². The molecule has 0 nitrogen and oxygen atoms in total. The molecule has 0 heterocycles. The number of halogens is 5. The fourth-order valence-corrected chi connectivity index (χ4v) is 1.99. The lowest BCUT2D eigenvalue weighted by Gasteiger charge is -1.98. The molecule has 0 atom stereocenters. The molecule has 5 heteroatoms. The van der Waals surface area contributed by atoms with E-state index in [1.54, 1.807) is 6.92 Å². The molecule has 0 aliphatic rings. The normalized spacial score (nSPS) is 9.67. The zero-order valence-electron chi connectivity index (χ0n) is 15.6. The topological polar surface area (TPSA) is 0 Å². The predicted octanol–water partition coefficient (Wildman–Crippen LogP) is 6.99. The van der Waals surface area contributed by atoms with E-state index in [0.29, 0.717) is 11.1 Å². The molecule has 0 aromatic heterocycles. The molecule has 0 radical (unpaired) electrons. The summed E-state index contributed by atoms with van der Waals surface area (Å²) in [5.74, 6) is -4.64. The molecular formula is C22H21F5. The van der Waals surface area contributed by atoms with Gasteiger partial charge in [-0.1, -0.05) is 35.9 Å². The van der Waals surface area contributed by atoms with E-state index in [9.17, 15) is 22.0 Å². The predicted molar refractivity (Wildman–Crippen MR) is 98.1 cm³/mol. The zero-order valence-corrected chi connectivity index (χ0v) is 15.6. The van der Waals surface area contributed by atoms with Crippen LogP contribution in [0.15, 0.2) is 54.6 Å². The molecule has 0 N–H and O–H groups in total. The summed E-state index contributed by atoms with van der Waals surface area (Å²) in [4.78, 5) is 0. The second-order valence-corrected chi connectivity index (χ2v) is 6.05. The van der Waals surface area contributed by atoms with Crippen LogP contribution in [0.5, 0.6) is 0 Å². The number of benzene rings is 3. The average molecular weight is 380 g/mol. The van der Waals surface area contributed by atoms with Crippen LogP contribution < -0.4 is 0 Å². The smallest absolute Gasteiger partial charge is 0.194 e. The zero-order chi connectivity index (χ0) is 20.6. The molecule has 0 aliphatic carbocycles. The van der Waals surface area contributed by atoms with Crippen molar-refractivity contribution in [1.29, 1.82) is 0 Å². The molecule has 3 aromatic carbocycles. The Morgan fingerprint density at radius 2 is 0.852 bits per heavy atom. The highest BCUT2D eigenvalue weighted by atomic mass is 19.2. The first-order valence-corrected chi connectivity index (χ1v) is 8.16. The molecule has 0 unspecified atom stereocenters. The number of hydrogen-bond donors (Lipinski definition) is 0. The van der Waals surface area contributed by atoms with Gasteiger partial charge in [0, 0.05) is 5.56 Å². The van der Waals surface area contributed by atoms with Gasteiger partial charge < -0.3 is 0 Å². The van der Waals surface area contributed by atoms with Crippen molar-refractivity contribution in [2.45, 2.75) is 27.7 Å². The second-order valence-electron chi connectivity index (χ2n) is 6.05. The van der Waals surface area contributed by atoms with Crippen molar-refractivity contribution in [2.24, 2.45) is 0 Å². The molecule has 0 aliphatic heterocycles. The molecule has 0 spiro atoms. The van der Waals surface area contributed by atoms with Crippen LogP contribution >= 0.6 is 0 Å². The Bertz CT molecular complexity index is 772. The fraction of sp³-hybridized carbons (Fsp3) is 0.182. The van der Waals surface area contributed by atoms with Crippen molar-refractivity contribution in [3.63, 3.8) is 0 Å². The summed E-state index contributed by atoms with van der Waals surface area (Å²) < 4.78 is 61.8. The Morgan fingerprint density at radius 3 is 1.19 bits per heavy atom. The van der Waals surface area contributed by atoms with Crippen LogP contribution in [0.4, 0.5) is 22.0 Å². The van der Waals surface area contributed by atoms with Crippen molar-refractivity contribution in [3.8, 4) is 0 Å². The van der Waals surface area contributed by atoms with Crippen molar-refractivity contribution < 1.29 is 22.0 Å². The molecule has 144 valence electrons. The first-order chi connectivity index (χ1) is 12.6. The van der Waals surface area contributed by atoms with Gasteiger partial charge in [-0.05, 0) is 63.1 Å². The molecule has 0 bridgehead atoms. The lowest BCUT2D eigenvalue weighted by atomic mass is 10.1. The third-order valence-electron chi connectivity index (χ3n) is 3.49. The molecule has 27 heavy (non-hydrogen) atoms. The van der Waals surface area contributed by atoms with E-state index >= 15 is 0 Å². The van der Waals surface area contributed by atoms with Crippen molar-refractivity contribution in [2.75, 3.05) is 0 Å². The van der Waals surface area contributed by atoms with E-state index in [-0.39, 0.29) is 5.56 Å². The Morgan fingerprint density at radius 1 is 0.481 bits per heavy atom. The number of aryl methyl sites for hydroxylation is 3. The monoisotopic (exact) mass is 380 g/mol. The molecule has 0 saturated heterocycles. The largest absolute Gasteiger partial charge is 0.207 e. The van der Waals surface area contributed by atoms with Gasteiger partial charge in [0.25, 0.3) is 0 Å². The second kappa shape index (κ2) is 10.5. The van der Waals surface area contributed by atoms with Crippen LogP contribution in [0, 0.1) is 56.8 Å². The van der Waals surface area contributed by atoms with E-state index in [4.69, 9.17) is 0 Å². The maximum Gasteiger partial charge on any atom is 0.194 e. The van der Waals surface area contributed by atoms with Gasteiger partial charge in [0.1, 0.15) is 11.6 Å². The third-order valence-corrected chi connectivity index (χ3v) is 3.49. The summed E-state index contributed by atoms with van der Waals surface area (Å²) in [6, 6.07) is 14.8. The summed E-state index contributed by atoms with van der Waals surface area (Å²) in [5.41, 5.74) is 2.39. The highest BCUT2D eigenvalue weighted by Gasteiger charge is 2.07. The molecule has 0 amide bonds. The first-order valence-electron chi connectivity index (χ1n) is 8.16. The van der Waals surface area contributed by atoms with Gasteiger partial charge in [-0.2, -0.15) is 0 Å². The molecule has 3 rings (SSSR count). The van der Waals surface area contributed by atoms with E-state index in [2.05, 4.69) is 19.1 Å². The number of rotatable bonds is 0. The van der Waals surface area contributed by atoms with Crippen LogP contribution in [-0.2, 0) is 0 Å². The Hall–Kier alpha value is -2.69. The van der Waals surface area contributed by atoms with E-state index in [0.717, 1.165) is 12.1 Å². The minimum atomic E-state index is -1.41. The van der Waals surface area contributed by atoms with Crippen LogP contribution in [0.3, 0.4) is 0 Å². The Balaban J connectivity index is 0.000000206. The van der Waals surface area contributed by atoms with Gasteiger partial charge in [0.2, 0.25) is 0 Å². The van der Waals surface area contributed by atoms with Gasteiger partial charge in [-0.3, -0.25) is 0 Å². The summed E-state index contributed by atoms with van der Waals surface area (Å²) in [7, 11) is 0. The Kier molecular flexibility index (Phi) is 8.66. The summed E-state index contributed by atoms with van der Waals surface area (Å²) in [6.45, 7) is 6.65. The fourth-order valence-electron chi connectivity index (χ4n) is 1.99. The highest BCUT2D eigenvalue weighted by Crippen LogP contribution is 2.13. The maximum atomic E-state index is 12.6. The average Bonchev–Trinajstić information content (AvgIpc) is 2.59. The standard InChI is InChI=1S/C8H8F2.C7H5F3.C7H8/c1-5-3-7(9)6(2)8(10)4-5;1-4-2-5(8)7(10)6(9)3-4;1-7-5-3-2-4-6-7/h3-4H,1-2H3;2-3H,1H3;2-6H,1H3. The summed E-state index contributed by atoms with van der Waals surface area (Å²) in [5, 5.41) is 0. The van der Waals surface area contributed by atoms with E-state index < -0.39 is 29.1 Å². The lowest BCUT2D eigenvalue weighted by molar-refractivity contribution is 0.446. The Labute approximate surface area is 156 Å². The van der Waals surface area contributed by atoms with E-state index in [1.165, 1.54) is 31.5 Å². The number of hydrogen-bond acceptors (Lipinski definition) is 0. The summed E-state index contributed by atoms with van der Waals surface area (Å²) >= 11 is 0. The maximum absolute atomic E-state index is 12.6. The van der Waals surface area contributed by atoms with E-state index in [1.807, 2.05) is 18.2 Å². The molecule has 0 fully saturated rings. The molecule has 3 aromatic rings. The lowest BCUT2D eigenvalue weighted by Crippen LogP contribution is -1.90. The highest BCUT2D eigenvalue weighted by molar-refractivity contribution is 5.23. The van der Waals surface area contributed by atoms with Crippen LogP contribution in [0.25, 0.3) is 0 Å². The van der Waals surface area contributed by atoms with Crippen LogP contribution in [-0.4, -0.2) is 0 Å². The van der Waals surface area contributed by atoms with Gasteiger partial charge in [-0.15, -0.1) is 0 Å². The quantitative estimate of drug-likeness (QED) is 0.291. The minimum absolute atomic E-state index is 0.0885. The summed E-state index contributed by atoms with van der Waals surface area (Å²) in [6.07, 6.45) is 0. The molecule has 0 saturated carbocycles. The van der Waals surface area contributed by atoms with Gasteiger partial charge in [-0.25, -0.2) is 22.0 Å². The van der Waals surface area contributed by atoms with Crippen molar-refractivity contribution >= 4 is 0 Å². The van der Waals surface area contributed by atoms with Gasteiger partial charge in [0.05, 0.1) is 0 Å². The SMILES string of the molecule is Cc1cc(F)c(C)c(F)c1.Cc1cc(F)c(F)c(F)c1.Cc1ccccc1.